The topological polar surface area (TPSA) is 72.2 Å². The molecule has 0 unspecified atom stereocenters. The second-order valence-electron chi connectivity index (χ2n) is 5.11. The van der Waals surface area contributed by atoms with E-state index in [-0.39, 0.29) is 5.91 Å². The zero-order chi connectivity index (χ0) is 15.5. The summed E-state index contributed by atoms with van der Waals surface area (Å²) >= 11 is 1.51. The van der Waals surface area contributed by atoms with Gasteiger partial charge < -0.3 is 5.32 Å². The second kappa shape index (κ2) is 6.23. The van der Waals surface area contributed by atoms with Crippen molar-refractivity contribution in [1.29, 1.82) is 0 Å². The fourth-order valence-electron chi connectivity index (χ4n) is 2.18. The summed E-state index contributed by atoms with van der Waals surface area (Å²) < 4.78 is 1.95. The SMILES string of the molecule is Cc1nc(NC(=O)CCCc2nnc3ccccn23)sc1C. The van der Waals surface area contributed by atoms with E-state index in [0.717, 1.165) is 28.5 Å². The van der Waals surface area contributed by atoms with Crippen LogP contribution in [0.3, 0.4) is 0 Å². The van der Waals surface area contributed by atoms with Gasteiger partial charge in [0.2, 0.25) is 5.91 Å². The zero-order valence-electron chi connectivity index (χ0n) is 12.5. The van der Waals surface area contributed by atoms with Gasteiger partial charge in [0.1, 0.15) is 5.82 Å². The Morgan fingerprint density at radius 1 is 1.32 bits per heavy atom. The lowest BCUT2D eigenvalue weighted by Crippen LogP contribution is -2.11. The van der Waals surface area contributed by atoms with E-state index in [1.165, 1.54) is 11.3 Å². The molecule has 0 aliphatic heterocycles. The molecule has 6 nitrogen and oxygen atoms in total. The third-order valence-electron chi connectivity index (χ3n) is 3.46. The number of hydrogen-bond donors (Lipinski definition) is 1. The van der Waals surface area contributed by atoms with Crippen LogP contribution in [0.25, 0.3) is 5.65 Å². The van der Waals surface area contributed by atoms with Gasteiger partial charge in [-0.2, -0.15) is 0 Å². The van der Waals surface area contributed by atoms with E-state index >= 15 is 0 Å². The molecule has 22 heavy (non-hydrogen) atoms. The predicted molar refractivity (Wildman–Crippen MR) is 86.1 cm³/mol. The molecule has 0 atom stereocenters. The maximum atomic E-state index is 11.9. The number of carbonyl (C=O) groups is 1. The third-order valence-corrected chi connectivity index (χ3v) is 4.45. The molecule has 3 aromatic heterocycles. The van der Waals surface area contributed by atoms with Crippen LogP contribution >= 0.6 is 11.3 Å². The number of hydrogen-bond acceptors (Lipinski definition) is 5. The summed E-state index contributed by atoms with van der Waals surface area (Å²) in [5, 5.41) is 11.8. The van der Waals surface area contributed by atoms with Crippen LogP contribution in [-0.2, 0) is 11.2 Å². The van der Waals surface area contributed by atoms with Crippen molar-refractivity contribution in [3.05, 3.63) is 40.8 Å². The molecular formula is C15H17N5OS. The standard InChI is InChI=1S/C15H17N5OS/c1-10-11(2)22-15(16-10)17-14(21)8-5-7-13-19-18-12-6-3-4-9-20(12)13/h3-4,6,9H,5,7-8H2,1-2H3,(H,16,17,21). The highest BCUT2D eigenvalue weighted by Crippen LogP contribution is 2.21. The number of thiazole rings is 1. The van der Waals surface area contributed by atoms with Gasteiger partial charge in [0.05, 0.1) is 5.69 Å². The molecule has 7 heteroatoms. The molecule has 3 rings (SSSR count). The average molecular weight is 315 g/mol. The molecule has 1 amide bonds. The van der Waals surface area contributed by atoms with Gasteiger partial charge in [-0.1, -0.05) is 6.07 Å². The highest BCUT2D eigenvalue weighted by Gasteiger charge is 2.09. The number of rotatable bonds is 5. The van der Waals surface area contributed by atoms with Crippen LogP contribution in [0.5, 0.6) is 0 Å². The molecule has 3 heterocycles. The van der Waals surface area contributed by atoms with Crippen molar-refractivity contribution < 1.29 is 4.79 Å². The van der Waals surface area contributed by atoms with Gasteiger partial charge in [-0.25, -0.2) is 4.98 Å². The number of carbonyl (C=O) groups excluding carboxylic acids is 1. The van der Waals surface area contributed by atoms with Crippen molar-refractivity contribution >= 4 is 28.0 Å². The molecular weight excluding hydrogens is 298 g/mol. The molecule has 0 saturated heterocycles. The van der Waals surface area contributed by atoms with E-state index in [0.29, 0.717) is 18.0 Å². The van der Waals surface area contributed by atoms with Gasteiger partial charge >= 0.3 is 0 Å². The maximum Gasteiger partial charge on any atom is 0.226 e. The highest BCUT2D eigenvalue weighted by molar-refractivity contribution is 7.15. The van der Waals surface area contributed by atoms with E-state index in [9.17, 15) is 4.79 Å². The van der Waals surface area contributed by atoms with Crippen LogP contribution in [-0.4, -0.2) is 25.5 Å². The Morgan fingerprint density at radius 3 is 2.95 bits per heavy atom. The smallest absolute Gasteiger partial charge is 0.226 e. The summed E-state index contributed by atoms with van der Waals surface area (Å²) in [6, 6.07) is 5.79. The zero-order valence-corrected chi connectivity index (χ0v) is 13.4. The monoisotopic (exact) mass is 315 g/mol. The number of pyridine rings is 1. The van der Waals surface area contributed by atoms with Crippen LogP contribution in [0.4, 0.5) is 5.13 Å². The lowest BCUT2D eigenvalue weighted by atomic mass is 10.2. The summed E-state index contributed by atoms with van der Waals surface area (Å²) in [6.45, 7) is 3.94. The normalized spacial score (nSPS) is 11.0. The van der Waals surface area contributed by atoms with E-state index in [4.69, 9.17) is 0 Å². The largest absolute Gasteiger partial charge is 0.302 e. The number of nitrogens with one attached hydrogen (secondary N) is 1. The van der Waals surface area contributed by atoms with Crippen molar-refractivity contribution in [3.63, 3.8) is 0 Å². The Hall–Kier alpha value is -2.28. The van der Waals surface area contributed by atoms with Gasteiger partial charge in [-0.3, -0.25) is 9.20 Å². The van der Waals surface area contributed by atoms with Crippen molar-refractivity contribution in [2.45, 2.75) is 33.1 Å². The van der Waals surface area contributed by atoms with Crippen LogP contribution in [0, 0.1) is 13.8 Å². The van der Waals surface area contributed by atoms with E-state index in [2.05, 4.69) is 20.5 Å². The quantitative estimate of drug-likeness (QED) is 0.786. The summed E-state index contributed by atoms with van der Waals surface area (Å²) in [5.41, 5.74) is 1.80. The fourth-order valence-corrected chi connectivity index (χ4v) is 3.01. The minimum Gasteiger partial charge on any atom is -0.302 e. The Labute approximate surface area is 132 Å². The number of amides is 1. The van der Waals surface area contributed by atoms with Crippen LogP contribution < -0.4 is 5.32 Å². The molecule has 0 aliphatic rings. The molecule has 0 bridgehead atoms. The van der Waals surface area contributed by atoms with Gasteiger partial charge in [0, 0.05) is 23.9 Å². The third kappa shape index (κ3) is 3.14. The van der Waals surface area contributed by atoms with Crippen LogP contribution in [0.2, 0.25) is 0 Å². The van der Waals surface area contributed by atoms with Crippen molar-refractivity contribution in [1.82, 2.24) is 19.6 Å². The van der Waals surface area contributed by atoms with Gasteiger partial charge in [-0.05, 0) is 32.4 Å². The Kier molecular flexibility index (Phi) is 4.15. The summed E-state index contributed by atoms with van der Waals surface area (Å²) in [5.74, 6) is 0.868. The van der Waals surface area contributed by atoms with Crippen molar-refractivity contribution in [2.24, 2.45) is 0 Å². The molecule has 0 radical (unpaired) electrons. The second-order valence-corrected chi connectivity index (χ2v) is 6.31. The number of nitrogens with zero attached hydrogens (tertiary/aromatic N) is 4. The lowest BCUT2D eigenvalue weighted by molar-refractivity contribution is -0.116. The minimum atomic E-state index is -0.0115. The fraction of sp³-hybridized carbons (Fsp3) is 0.333. The Balaban J connectivity index is 1.53. The number of aromatic nitrogens is 4. The first-order valence-electron chi connectivity index (χ1n) is 7.16. The molecule has 0 aromatic carbocycles. The summed E-state index contributed by atoms with van der Waals surface area (Å²) in [4.78, 5) is 17.4. The van der Waals surface area contributed by atoms with Crippen molar-refractivity contribution in [3.8, 4) is 0 Å². The number of fused-ring (bicyclic) bond motifs is 1. The molecule has 114 valence electrons. The molecule has 0 saturated carbocycles. The first kappa shape index (κ1) is 14.6. The van der Waals surface area contributed by atoms with E-state index < -0.39 is 0 Å². The molecule has 0 spiro atoms. The molecule has 1 N–H and O–H groups in total. The Morgan fingerprint density at radius 2 is 2.18 bits per heavy atom. The molecule has 3 aromatic rings. The van der Waals surface area contributed by atoms with Gasteiger partial charge in [0.25, 0.3) is 0 Å². The van der Waals surface area contributed by atoms with Crippen LogP contribution in [0.1, 0.15) is 29.2 Å². The maximum absolute atomic E-state index is 11.9. The average Bonchev–Trinajstić information content (AvgIpc) is 3.03. The number of anilines is 1. The lowest BCUT2D eigenvalue weighted by Gasteiger charge is -2.01. The predicted octanol–water partition coefficient (Wildman–Crippen LogP) is 2.76. The number of aryl methyl sites for hydroxylation is 3. The molecule has 0 fully saturated rings. The first-order chi connectivity index (χ1) is 10.6. The Bertz CT molecular complexity index is 788. The van der Waals surface area contributed by atoms with Crippen LogP contribution in [0.15, 0.2) is 24.4 Å². The van der Waals surface area contributed by atoms with Gasteiger partial charge in [0.15, 0.2) is 10.8 Å². The van der Waals surface area contributed by atoms with E-state index in [1.807, 2.05) is 42.6 Å². The molecule has 0 aliphatic carbocycles. The van der Waals surface area contributed by atoms with E-state index in [1.54, 1.807) is 0 Å². The first-order valence-corrected chi connectivity index (χ1v) is 7.97. The summed E-state index contributed by atoms with van der Waals surface area (Å²) in [7, 11) is 0. The highest BCUT2D eigenvalue weighted by atomic mass is 32.1. The van der Waals surface area contributed by atoms with Crippen molar-refractivity contribution in [2.75, 3.05) is 5.32 Å². The van der Waals surface area contributed by atoms with Gasteiger partial charge in [-0.15, -0.1) is 21.5 Å². The summed E-state index contributed by atoms with van der Waals surface area (Å²) in [6.07, 6.45) is 3.82. The minimum absolute atomic E-state index is 0.0115.